The van der Waals surface area contributed by atoms with Crippen LogP contribution in [0, 0.1) is 11.8 Å². The van der Waals surface area contributed by atoms with Crippen molar-refractivity contribution in [3.05, 3.63) is 35.9 Å². The van der Waals surface area contributed by atoms with E-state index >= 15 is 0 Å². The molecule has 0 radical (unpaired) electrons. The molecule has 2 unspecified atom stereocenters. The number of hydrogen-bond acceptors (Lipinski definition) is 2. The fraction of sp³-hybridized carbons (Fsp3) is 0.333. The van der Waals surface area contributed by atoms with Gasteiger partial charge in [-0.15, -0.1) is 0 Å². The summed E-state index contributed by atoms with van der Waals surface area (Å²) in [5.74, 6) is 5.72. The molecule has 1 aromatic rings. The molecule has 0 amide bonds. The molecule has 0 bridgehead atoms. The summed E-state index contributed by atoms with van der Waals surface area (Å²) < 4.78 is 0. The largest absolute Gasteiger partial charge is 0.377 e. The van der Waals surface area contributed by atoms with Gasteiger partial charge in [-0.25, -0.2) is 0 Å². The Balaban J connectivity index is 2.83. The second kappa shape index (κ2) is 4.54. The Bertz CT molecular complexity index is 344. The van der Waals surface area contributed by atoms with E-state index in [2.05, 4.69) is 24.5 Å². The smallest absolute Gasteiger partial charge is 0.134 e. The third kappa shape index (κ3) is 3.10. The quantitative estimate of drug-likeness (QED) is 0.532. The monoisotopic (exact) mass is 206 g/mol. The van der Waals surface area contributed by atoms with Crippen LogP contribution in [0.1, 0.15) is 19.4 Å². The van der Waals surface area contributed by atoms with Gasteiger partial charge in [-0.1, -0.05) is 30.0 Å². The van der Waals surface area contributed by atoms with Crippen molar-refractivity contribution in [1.29, 1.82) is 0 Å². The summed E-state index contributed by atoms with van der Waals surface area (Å²) in [6.07, 6.45) is 0. The summed E-state index contributed by atoms with van der Waals surface area (Å²) in [5.41, 5.74) is -0.138. The van der Waals surface area contributed by atoms with E-state index in [1.54, 1.807) is 6.92 Å². The van der Waals surface area contributed by atoms with Gasteiger partial charge in [0, 0.05) is 10.8 Å². The second-order valence-corrected chi connectivity index (χ2v) is 4.21. The normalized spacial score (nSPS) is 16.3. The van der Waals surface area contributed by atoms with Crippen molar-refractivity contribution >= 4 is 12.6 Å². The summed E-state index contributed by atoms with van der Waals surface area (Å²) in [6, 6.07) is 9.59. The molecule has 0 saturated carbocycles. The molecule has 1 rings (SSSR count). The molecule has 1 aromatic carbocycles. The van der Waals surface area contributed by atoms with Crippen LogP contribution in [0.15, 0.2) is 30.3 Å². The standard InChI is InChI=1S/C12H14OS/c1-10(14)12(2,13)9-8-11-6-4-3-5-7-11/h3-7,10,13-14H,1-2H3. The molecule has 0 aliphatic heterocycles. The average molecular weight is 206 g/mol. The molecular weight excluding hydrogens is 192 g/mol. The zero-order chi connectivity index (χ0) is 10.6. The van der Waals surface area contributed by atoms with E-state index < -0.39 is 5.60 Å². The van der Waals surface area contributed by atoms with E-state index in [1.807, 2.05) is 37.3 Å². The summed E-state index contributed by atoms with van der Waals surface area (Å²) in [5, 5.41) is 9.64. The van der Waals surface area contributed by atoms with Crippen LogP contribution in [0.4, 0.5) is 0 Å². The van der Waals surface area contributed by atoms with E-state index in [4.69, 9.17) is 0 Å². The van der Waals surface area contributed by atoms with Crippen LogP contribution in [-0.2, 0) is 0 Å². The van der Waals surface area contributed by atoms with Crippen molar-refractivity contribution in [3.63, 3.8) is 0 Å². The van der Waals surface area contributed by atoms with Gasteiger partial charge in [0.25, 0.3) is 0 Å². The van der Waals surface area contributed by atoms with Crippen molar-refractivity contribution in [3.8, 4) is 11.8 Å². The molecule has 14 heavy (non-hydrogen) atoms. The SMILES string of the molecule is CC(S)C(C)(O)C#Cc1ccccc1. The summed E-state index contributed by atoms with van der Waals surface area (Å²) in [4.78, 5) is 0. The number of benzene rings is 1. The van der Waals surface area contributed by atoms with Crippen LogP contribution >= 0.6 is 12.6 Å². The topological polar surface area (TPSA) is 20.2 Å². The number of aliphatic hydroxyl groups is 1. The van der Waals surface area contributed by atoms with Crippen LogP contribution in [0.2, 0.25) is 0 Å². The van der Waals surface area contributed by atoms with Gasteiger partial charge in [0.1, 0.15) is 5.60 Å². The van der Waals surface area contributed by atoms with E-state index in [9.17, 15) is 5.11 Å². The minimum atomic E-state index is -1.04. The van der Waals surface area contributed by atoms with E-state index in [0.29, 0.717) is 0 Å². The lowest BCUT2D eigenvalue weighted by atomic mass is 10.0. The maximum atomic E-state index is 9.80. The van der Waals surface area contributed by atoms with Gasteiger partial charge in [0.05, 0.1) is 0 Å². The van der Waals surface area contributed by atoms with Crippen molar-refractivity contribution in [2.24, 2.45) is 0 Å². The molecule has 1 nitrogen and oxygen atoms in total. The Morgan fingerprint density at radius 2 is 1.93 bits per heavy atom. The van der Waals surface area contributed by atoms with Gasteiger partial charge in [0.15, 0.2) is 0 Å². The number of rotatable bonds is 1. The molecule has 2 heteroatoms. The highest BCUT2D eigenvalue weighted by Crippen LogP contribution is 2.13. The van der Waals surface area contributed by atoms with Crippen LogP contribution in [-0.4, -0.2) is 16.0 Å². The first-order chi connectivity index (χ1) is 6.52. The van der Waals surface area contributed by atoms with Crippen molar-refractivity contribution in [2.75, 3.05) is 0 Å². The zero-order valence-corrected chi connectivity index (χ0v) is 9.25. The maximum absolute atomic E-state index is 9.80. The minimum absolute atomic E-state index is 0.168. The molecule has 0 aliphatic carbocycles. The fourth-order valence-corrected chi connectivity index (χ4v) is 0.889. The molecule has 0 aliphatic rings. The molecule has 0 heterocycles. The van der Waals surface area contributed by atoms with Crippen molar-refractivity contribution < 1.29 is 5.11 Å². The Kier molecular flexibility index (Phi) is 3.62. The Hall–Kier alpha value is -0.910. The zero-order valence-electron chi connectivity index (χ0n) is 8.36. The predicted molar refractivity (Wildman–Crippen MR) is 62.4 cm³/mol. The first-order valence-electron chi connectivity index (χ1n) is 4.51. The molecule has 0 aromatic heterocycles. The van der Waals surface area contributed by atoms with Gasteiger partial charge in [-0.3, -0.25) is 0 Å². The van der Waals surface area contributed by atoms with E-state index in [0.717, 1.165) is 5.56 Å². The van der Waals surface area contributed by atoms with Crippen LogP contribution in [0.5, 0.6) is 0 Å². The summed E-state index contributed by atoms with van der Waals surface area (Å²) in [6.45, 7) is 3.49. The summed E-state index contributed by atoms with van der Waals surface area (Å²) in [7, 11) is 0. The Morgan fingerprint density at radius 3 is 2.43 bits per heavy atom. The predicted octanol–water partition coefficient (Wildman–Crippen LogP) is 2.11. The highest BCUT2D eigenvalue weighted by Gasteiger charge is 2.22. The lowest BCUT2D eigenvalue weighted by Crippen LogP contribution is -2.31. The van der Waals surface area contributed by atoms with Crippen molar-refractivity contribution in [1.82, 2.24) is 0 Å². The molecule has 0 spiro atoms. The van der Waals surface area contributed by atoms with E-state index in [-0.39, 0.29) is 5.25 Å². The van der Waals surface area contributed by atoms with Crippen molar-refractivity contribution in [2.45, 2.75) is 24.7 Å². The first kappa shape index (κ1) is 11.2. The van der Waals surface area contributed by atoms with Crippen LogP contribution < -0.4 is 0 Å². The number of thiol groups is 1. The van der Waals surface area contributed by atoms with Gasteiger partial charge < -0.3 is 5.11 Å². The molecule has 0 fully saturated rings. The highest BCUT2D eigenvalue weighted by molar-refractivity contribution is 7.81. The second-order valence-electron chi connectivity index (χ2n) is 3.44. The highest BCUT2D eigenvalue weighted by atomic mass is 32.1. The third-order valence-electron chi connectivity index (χ3n) is 2.05. The molecule has 74 valence electrons. The van der Waals surface area contributed by atoms with E-state index in [1.165, 1.54) is 0 Å². The number of hydrogen-bond donors (Lipinski definition) is 2. The lowest BCUT2D eigenvalue weighted by molar-refractivity contribution is 0.124. The Morgan fingerprint density at radius 1 is 1.36 bits per heavy atom. The minimum Gasteiger partial charge on any atom is -0.377 e. The third-order valence-corrected chi connectivity index (χ3v) is 2.55. The van der Waals surface area contributed by atoms with Crippen LogP contribution in [0.3, 0.4) is 0 Å². The van der Waals surface area contributed by atoms with Gasteiger partial charge in [0.2, 0.25) is 0 Å². The fourth-order valence-electron chi connectivity index (χ4n) is 0.825. The molecule has 2 atom stereocenters. The Labute approximate surface area is 90.6 Å². The van der Waals surface area contributed by atoms with Crippen LogP contribution in [0.25, 0.3) is 0 Å². The van der Waals surface area contributed by atoms with Gasteiger partial charge in [-0.05, 0) is 26.0 Å². The molecule has 1 N–H and O–H groups in total. The van der Waals surface area contributed by atoms with Gasteiger partial charge >= 0.3 is 0 Å². The van der Waals surface area contributed by atoms with Gasteiger partial charge in [-0.2, -0.15) is 12.6 Å². The molecular formula is C12H14OS. The summed E-state index contributed by atoms with van der Waals surface area (Å²) >= 11 is 4.17. The average Bonchev–Trinajstić information content (AvgIpc) is 2.16. The molecule has 0 saturated heterocycles. The maximum Gasteiger partial charge on any atom is 0.134 e. The lowest BCUT2D eigenvalue weighted by Gasteiger charge is -2.19. The first-order valence-corrected chi connectivity index (χ1v) is 5.02.